The molecular formula is C22H22BrIN2O3. The second kappa shape index (κ2) is 11.2. The van der Waals surface area contributed by atoms with Crippen LogP contribution in [0.2, 0.25) is 0 Å². The molecular weight excluding hydrogens is 547 g/mol. The molecule has 1 N–H and O–H groups in total. The van der Waals surface area contributed by atoms with E-state index in [-0.39, 0.29) is 17.5 Å². The number of amides is 1. The van der Waals surface area contributed by atoms with Crippen LogP contribution in [0.4, 0.5) is 0 Å². The number of halogens is 2. The number of rotatable bonds is 8. The second-order valence-corrected chi connectivity index (χ2v) is 8.48. The number of hydrogen-bond donors (Lipinski definition) is 1. The molecule has 0 fully saturated rings. The molecule has 7 heteroatoms. The molecule has 0 unspecified atom stereocenters. The quantitative estimate of drug-likeness (QED) is 0.261. The average Bonchev–Trinajstić information content (AvgIpc) is 2.71. The Morgan fingerprint density at radius 2 is 2.03 bits per heavy atom. The molecule has 2 rings (SSSR count). The number of carbonyl (C=O) groups excluding carboxylic acids is 1. The van der Waals surface area contributed by atoms with E-state index >= 15 is 0 Å². The minimum Gasteiger partial charge on any atom is -0.493 e. The first-order valence-electron chi connectivity index (χ1n) is 9.05. The Morgan fingerprint density at radius 1 is 1.34 bits per heavy atom. The SMILES string of the molecule is CC[C@@H](C)NC(=O)/C(C#N)=C/c1cc(I)c(OCc2ccc(Br)cc2)c(OC)c1. The third-order valence-electron chi connectivity index (χ3n) is 4.21. The van der Waals surface area contributed by atoms with Crippen molar-refractivity contribution in [3.63, 3.8) is 0 Å². The molecule has 2 aromatic rings. The number of nitrogens with zero attached hydrogens (tertiary/aromatic N) is 1. The molecule has 152 valence electrons. The van der Waals surface area contributed by atoms with E-state index in [0.717, 1.165) is 20.0 Å². The summed E-state index contributed by atoms with van der Waals surface area (Å²) in [6.45, 7) is 4.27. The molecule has 2 aromatic carbocycles. The van der Waals surface area contributed by atoms with Gasteiger partial charge in [-0.1, -0.05) is 35.0 Å². The van der Waals surface area contributed by atoms with Crippen molar-refractivity contribution in [2.75, 3.05) is 7.11 Å². The number of nitrogens with one attached hydrogen (secondary N) is 1. The number of ether oxygens (including phenoxy) is 2. The van der Waals surface area contributed by atoms with Gasteiger partial charge in [-0.05, 0) is 77.4 Å². The van der Waals surface area contributed by atoms with Crippen LogP contribution in [-0.2, 0) is 11.4 Å². The lowest BCUT2D eigenvalue weighted by Gasteiger charge is -2.14. The maximum absolute atomic E-state index is 12.3. The summed E-state index contributed by atoms with van der Waals surface area (Å²) in [6, 6.07) is 13.5. The van der Waals surface area contributed by atoms with E-state index in [4.69, 9.17) is 9.47 Å². The minimum atomic E-state index is -0.383. The first-order chi connectivity index (χ1) is 13.9. The molecule has 0 aromatic heterocycles. The number of nitriles is 1. The summed E-state index contributed by atoms with van der Waals surface area (Å²) in [7, 11) is 1.56. The highest BCUT2D eigenvalue weighted by Crippen LogP contribution is 2.35. The third-order valence-corrected chi connectivity index (χ3v) is 5.54. The minimum absolute atomic E-state index is 0.00306. The summed E-state index contributed by atoms with van der Waals surface area (Å²) in [6.07, 6.45) is 2.35. The fourth-order valence-electron chi connectivity index (χ4n) is 2.42. The summed E-state index contributed by atoms with van der Waals surface area (Å²) in [5.41, 5.74) is 1.77. The predicted molar refractivity (Wildman–Crippen MR) is 126 cm³/mol. The van der Waals surface area contributed by atoms with Crippen molar-refractivity contribution in [3.8, 4) is 17.6 Å². The second-order valence-electron chi connectivity index (χ2n) is 6.40. The largest absolute Gasteiger partial charge is 0.493 e. The van der Waals surface area contributed by atoms with E-state index in [2.05, 4.69) is 43.8 Å². The van der Waals surface area contributed by atoms with E-state index in [1.807, 2.05) is 50.2 Å². The molecule has 0 aliphatic heterocycles. The molecule has 1 amide bonds. The van der Waals surface area contributed by atoms with Crippen LogP contribution < -0.4 is 14.8 Å². The Bertz CT molecular complexity index is 936. The van der Waals surface area contributed by atoms with Crippen LogP contribution in [0.25, 0.3) is 6.08 Å². The predicted octanol–water partition coefficient (Wildman–Crippen LogP) is 5.46. The summed E-state index contributed by atoms with van der Waals surface area (Å²) in [5, 5.41) is 12.2. The van der Waals surface area contributed by atoms with Crippen LogP contribution >= 0.6 is 38.5 Å². The van der Waals surface area contributed by atoms with Gasteiger partial charge < -0.3 is 14.8 Å². The molecule has 0 radical (unpaired) electrons. The van der Waals surface area contributed by atoms with Gasteiger partial charge in [0.1, 0.15) is 18.2 Å². The fraction of sp³-hybridized carbons (Fsp3) is 0.273. The number of benzene rings is 2. The van der Waals surface area contributed by atoms with E-state index in [0.29, 0.717) is 23.7 Å². The maximum Gasteiger partial charge on any atom is 0.262 e. The van der Waals surface area contributed by atoms with Crippen molar-refractivity contribution >= 4 is 50.5 Å². The van der Waals surface area contributed by atoms with Crippen LogP contribution in [0.5, 0.6) is 11.5 Å². The van der Waals surface area contributed by atoms with Crippen molar-refractivity contribution in [2.45, 2.75) is 32.9 Å². The van der Waals surface area contributed by atoms with E-state index in [1.165, 1.54) is 0 Å². The Morgan fingerprint density at radius 3 is 2.62 bits per heavy atom. The molecule has 5 nitrogen and oxygen atoms in total. The number of methoxy groups -OCH3 is 1. The zero-order valence-corrected chi connectivity index (χ0v) is 20.2. The van der Waals surface area contributed by atoms with Crippen LogP contribution in [0.3, 0.4) is 0 Å². The molecule has 29 heavy (non-hydrogen) atoms. The maximum atomic E-state index is 12.3. The van der Waals surface area contributed by atoms with Crippen LogP contribution in [0.1, 0.15) is 31.4 Å². The van der Waals surface area contributed by atoms with E-state index < -0.39 is 0 Å². The fourth-order valence-corrected chi connectivity index (χ4v) is 3.46. The van der Waals surface area contributed by atoms with Gasteiger partial charge in [-0.2, -0.15) is 5.26 Å². The zero-order valence-electron chi connectivity index (χ0n) is 16.5. The lowest BCUT2D eigenvalue weighted by molar-refractivity contribution is -0.117. The monoisotopic (exact) mass is 568 g/mol. The molecule has 0 aliphatic carbocycles. The van der Waals surface area contributed by atoms with Crippen molar-refractivity contribution in [1.82, 2.24) is 5.32 Å². The standard InChI is InChI=1S/C22H22BrIN2O3/c1-4-14(2)26-22(27)17(12-25)9-16-10-19(24)21(20(11-16)28-3)29-13-15-5-7-18(23)8-6-15/h5-11,14H,4,13H2,1-3H3,(H,26,27)/b17-9+/t14-/m1/s1. The smallest absolute Gasteiger partial charge is 0.262 e. The normalized spacial score (nSPS) is 12.1. The van der Waals surface area contributed by atoms with Crippen molar-refractivity contribution in [2.24, 2.45) is 0 Å². The average molecular weight is 569 g/mol. The lowest BCUT2D eigenvalue weighted by atomic mass is 10.1. The van der Waals surface area contributed by atoms with Gasteiger partial charge in [0.25, 0.3) is 5.91 Å². The highest BCUT2D eigenvalue weighted by atomic mass is 127. The molecule has 0 saturated carbocycles. The Hall–Kier alpha value is -2.05. The van der Waals surface area contributed by atoms with Gasteiger partial charge in [0, 0.05) is 10.5 Å². The molecule has 1 atom stereocenters. The topological polar surface area (TPSA) is 71.4 Å². The first kappa shape index (κ1) is 23.2. The van der Waals surface area contributed by atoms with Gasteiger partial charge in [-0.3, -0.25) is 4.79 Å². The molecule has 0 bridgehead atoms. The van der Waals surface area contributed by atoms with Crippen LogP contribution in [0, 0.1) is 14.9 Å². The molecule has 0 aliphatic rings. The van der Waals surface area contributed by atoms with E-state index in [1.54, 1.807) is 19.3 Å². The van der Waals surface area contributed by atoms with Crippen LogP contribution in [0.15, 0.2) is 46.4 Å². The first-order valence-corrected chi connectivity index (χ1v) is 10.9. The van der Waals surface area contributed by atoms with Gasteiger partial charge in [-0.25, -0.2) is 0 Å². The summed E-state index contributed by atoms with van der Waals surface area (Å²) < 4.78 is 13.3. The van der Waals surface area contributed by atoms with Crippen LogP contribution in [-0.4, -0.2) is 19.1 Å². The van der Waals surface area contributed by atoms with Crippen molar-refractivity contribution in [3.05, 3.63) is 61.1 Å². The molecule has 0 heterocycles. The number of carbonyl (C=O) groups is 1. The zero-order chi connectivity index (χ0) is 21.4. The van der Waals surface area contributed by atoms with Gasteiger partial charge in [0.05, 0.1) is 10.7 Å². The van der Waals surface area contributed by atoms with Gasteiger partial charge in [0.2, 0.25) is 0 Å². The van der Waals surface area contributed by atoms with Gasteiger partial charge in [0.15, 0.2) is 11.5 Å². The van der Waals surface area contributed by atoms with Crippen molar-refractivity contribution in [1.29, 1.82) is 5.26 Å². The Labute approximate surface area is 193 Å². The van der Waals surface area contributed by atoms with Gasteiger partial charge >= 0.3 is 0 Å². The highest BCUT2D eigenvalue weighted by Gasteiger charge is 2.15. The van der Waals surface area contributed by atoms with Crippen molar-refractivity contribution < 1.29 is 14.3 Å². The number of hydrogen-bond acceptors (Lipinski definition) is 4. The Balaban J connectivity index is 2.25. The van der Waals surface area contributed by atoms with E-state index in [9.17, 15) is 10.1 Å². The lowest BCUT2D eigenvalue weighted by Crippen LogP contribution is -2.32. The highest BCUT2D eigenvalue weighted by molar-refractivity contribution is 14.1. The summed E-state index contributed by atoms with van der Waals surface area (Å²) in [4.78, 5) is 12.3. The Kier molecular flexibility index (Phi) is 8.99. The van der Waals surface area contributed by atoms with Gasteiger partial charge in [-0.15, -0.1) is 0 Å². The summed E-state index contributed by atoms with van der Waals surface area (Å²) >= 11 is 5.58. The summed E-state index contributed by atoms with van der Waals surface area (Å²) in [5.74, 6) is 0.780. The third kappa shape index (κ3) is 6.75. The molecule has 0 spiro atoms. The molecule has 0 saturated heterocycles.